The van der Waals surface area contributed by atoms with Gasteiger partial charge >= 0.3 is 0 Å². The maximum absolute atomic E-state index is 12.4. The lowest BCUT2D eigenvalue weighted by Crippen LogP contribution is -2.69. The summed E-state index contributed by atoms with van der Waals surface area (Å²) in [6.07, 6.45) is 6.09. The molecule has 0 aromatic rings. The highest BCUT2D eigenvalue weighted by atomic mass is 16.2. The van der Waals surface area contributed by atoms with Crippen LogP contribution in [0.2, 0.25) is 0 Å². The van der Waals surface area contributed by atoms with Crippen LogP contribution in [-0.2, 0) is 9.59 Å². The van der Waals surface area contributed by atoms with Crippen molar-refractivity contribution in [3.63, 3.8) is 0 Å². The highest BCUT2D eigenvalue weighted by Crippen LogP contribution is 2.26. The van der Waals surface area contributed by atoms with Crippen molar-refractivity contribution in [3.8, 4) is 12.3 Å². The van der Waals surface area contributed by atoms with Crippen LogP contribution in [0.1, 0.15) is 41.0 Å². The van der Waals surface area contributed by atoms with Gasteiger partial charge in [0.2, 0.25) is 11.8 Å². The Morgan fingerprint density at radius 3 is 2.39 bits per heavy atom. The first kappa shape index (κ1) is 14.6. The van der Waals surface area contributed by atoms with Crippen LogP contribution in [0.4, 0.5) is 0 Å². The van der Waals surface area contributed by atoms with E-state index in [1.54, 1.807) is 18.7 Å². The number of rotatable bonds is 3. The van der Waals surface area contributed by atoms with Gasteiger partial charge in [0, 0.05) is 0 Å². The molecule has 1 heterocycles. The second-order valence-corrected chi connectivity index (χ2v) is 5.57. The molecule has 100 valence electrons. The number of piperazine rings is 1. The monoisotopic (exact) mass is 250 g/mol. The van der Waals surface area contributed by atoms with Gasteiger partial charge in [-0.15, -0.1) is 6.42 Å². The van der Waals surface area contributed by atoms with Crippen LogP contribution >= 0.6 is 0 Å². The molecule has 2 unspecified atom stereocenters. The van der Waals surface area contributed by atoms with Crippen LogP contribution in [0.3, 0.4) is 0 Å². The van der Waals surface area contributed by atoms with E-state index in [0.717, 1.165) is 0 Å². The average molecular weight is 250 g/mol. The van der Waals surface area contributed by atoms with Crippen molar-refractivity contribution in [1.82, 2.24) is 10.2 Å². The molecule has 1 aliphatic rings. The Balaban J connectivity index is 3.23. The van der Waals surface area contributed by atoms with Crippen molar-refractivity contribution in [3.05, 3.63) is 0 Å². The smallest absolute Gasteiger partial charge is 0.247 e. The van der Waals surface area contributed by atoms with Gasteiger partial charge in [0.15, 0.2) is 0 Å². The molecule has 0 spiro atoms. The molecule has 18 heavy (non-hydrogen) atoms. The molecule has 0 aliphatic carbocycles. The molecule has 1 rings (SSSR count). The van der Waals surface area contributed by atoms with Crippen molar-refractivity contribution in [2.45, 2.75) is 58.7 Å². The van der Waals surface area contributed by atoms with Crippen molar-refractivity contribution in [1.29, 1.82) is 0 Å². The van der Waals surface area contributed by atoms with Gasteiger partial charge in [0.25, 0.3) is 0 Å². The molecule has 4 nitrogen and oxygen atoms in total. The molecular formula is C14H22N2O2. The molecule has 0 aromatic carbocycles. The summed E-state index contributed by atoms with van der Waals surface area (Å²) in [5, 5.41) is 2.77. The summed E-state index contributed by atoms with van der Waals surface area (Å²) in [6, 6.07) is -0.952. The van der Waals surface area contributed by atoms with Crippen LogP contribution in [0.5, 0.6) is 0 Å². The van der Waals surface area contributed by atoms with Crippen LogP contribution < -0.4 is 5.32 Å². The Hall–Kier alpha value is -1.50. The van der Waals surface area contributed by atoms with E-state index in [9.17, 15) is 9.59 Å². The summed E-state index contributed by atoms with van der Waals surface area (Å²) in [5.41, 5.74) is -0.753. The number of nitrogens with one attached hydrogen (secondary N) is 1. The molecule has 2 atom stereocenters. The van der Waals surface area contributed by atoms with E-state index in [-0.39, 0.29) is 17.7 Å². The van der Waals surface area contributed by atoms with E-state index in [0.29, 0.717) is 6.42 Å². The number of carbonyl (C=O) groups excluding carboxylic acids is 2. The Morgan fingerprint density at radius 2 is 2.00 bits per heavy atom. The minimum Gasteiger partial charge on any atom is -0.343 e. The lowest BCUT2D eigenvalue weighted by Gasteiger charge is -2.46. The molecule has 0 bridgehead atoms. The van der Waals surface area contributed by atoms with Crippen LogP contribution in [0.25, 0.3) is 0 Å². The van der Waals surface area contributed by atoms with Gasteiger partial charge in [-0.3, -0.25) is 9.59 Å². The third-order valence-corrected chi connectivity index (χ3v) is 3.39. The summed E-state index contributed by atoms with van der Waals surface area (Å²) in [7, 11) is 0. The van der Waals surface area contributed by atoms with E-state index >= 15 is 0 Å². The Bertz CT molecular complexity index is 393. The summed E-state index contributed by atoms with van der Waals surface area (Å²) in [4.78, 5) is 26.2. The Morgan fingerprint density at radius 1 is 1.44 bits per heavy atom. The van der Waals surface area contributed by atoms with Gasteiger partial charge < -0.3 is 10.2 Å². The fourth-order valence-corrected chi connectivity index (χ4v) is 2.31. The minimum atomic E-state index is -0.753. The van der Waals surface area contributed by atoms with Crippen molar-refractivity contribution >= 4 is 11.8 Å². The number of hydrogen-bond acceptors (Lipinski definition) is 2. The first-order chi connectivity index (χ1) is 8.26. The lowest BCUT2D eigenvalue weighted by molar-refractivity contribution is -0.155. The minimum absolute atomic E-state index is 0.0272. The van der Waals surface area contributed by atoms with Gasteiger partial charge in [-0.05, 0) is 26.2 Å². The van der Waals surface area contributed by atoms with E-state index < -0.39 is 17.6 Å². The predicted molar refractivity (Wildman–Crippen MR) is 70.6 cm³/mol. The van der Waals surface area contributed by atoms with E-state index in [1.165, 1.54) is 0 Å². The summed E-state index contributed by atoms with van der Waals surface area (Å²) in [5.74, 6) is 2.45. The molecular weight excluding hydrogens is 228 g/mol. The number of hydrogen-bond donors (Lipinski definition) is 1. The second kappa shape index (κ2) is 5.01. The van der Waals surface area contributed by atoms with E-state index in [2.05, 4.69) is 11.2 Å². The first-order valence-corrected chi connectivity index (χ1v) is 6.37. The summed E-state index contributed by atoms with van der Waals surface area (Å²) in [6.45, 7) is 9.31. The molecule has 4 heteroatoms. The molecule has 1 N–H and O–H groups in total. The zero-order chi connectivity index (χ0) is 14.1. The molecule has 0 saturated carbocycles. The Labute approximate surface area is 109 Å². The second-order valence-electron chi connectivity index (χ2n) is 5.57. The quantitative estimate of drug-likeness (QED) is 0.764. The van der Waals surface area contributed by atoms with Crippen LogP contribution in [-0.4, -0.2) is 34.3 Å². The fraction of sp³-hybridized carbons (Fsp3) is 0.714. The molecule has 2 amide bonds. The first-order valence-electron chi connectivity index (χ1n) is 6.37. The SMILES string of the molecule is C#CC(C)(C)N1C(=O)C(CC)NC(=O)C1C(C)C. The third-order valence-electron chi connectivity index (χ3n) is 3.39. The molecule has 1 fully saturated rings. The molecule has 0 aromatic heterocycles. The van der Waals surface area contributed by atoms with Gasteiger partial charge in [-0.1, -0.05) is 26.7 Å². The van der Waals surface area contributed by atoms with E-state index in [4.69, 9.17) is 6.42 Å². The number of amides is 2. The Kier molecular flexibility index (Phi) is 4.05. The maximum Gasteiger partial charge on any atom is 0.247 e. The predicted octanol–water partition coefficient (Wildman–Crippen LogP) is 1.16. The number of carbonyl (C=O) groups is 2. The molecule has 1 saturated heterocycles. The van der Waals surface area contributed by atoms with Crippen LogP contribution in [0, 0.1) is 18.3 Å². The highest BCUT2D eigenvalue weighted by Gasteiger charge is 2.46. The normalized spacial score (nSPS) is 25.1. The topological polar surface area (TPSA) is 49.4 Å². The zero-order valence-electron chi connectivity index (χ0n) is 11.8. The summed E-state index contributed by atoms with van der Waals surface area (Å²) >= 11 is 0. The standard InChI is InChI=1S/C14H22N2O2/c1-7-10-13(18)16(14(5,6)8-2)11(9(3)4)12(17)15-10/h2,9-11H,7H2,1,3-6H3,(H,15,17). The van der Waals surface area contributed by atoms with Gasteiger partial charge in [0.1, 0.15) is 12.1 Å². The lowest BCUT2D eigenvalue weighted by atomic mass is 9.90. The highest BCUT2D eigenvalue weighted by molar-refractivity contribution is 5.97. The maximum atomic E-state index is 12.4. The largest absolute Gasteiger partial charge is 0.343 e. The third kappa shape index (κ3) is 2.35. The van der Waals surface area contributed by atoms with Crippen molar-refractivity contribution in [2.75, 3.05) is 0 Å². The zero-order valence-corrected chi connectivity index (χ0v) is 11.8. The average Bonchev–Trinajstić information content (AvgIpc) is 2.30. The van der Waals surface area contributed by atoms with Crippen LogP contribution in [0.15, 0.2) is 0 Å². The van der Waals surface area contributed by atoms with Gasteiger partial charge in [0.05, 0.1) is 5.54 Å². The molecule has 0 radical (unpaired) electrons. The van der Waals surface area contributed by atoms with E-state index in [1.807, 2.05) is 20.8 Å². The number of nitrogens with zero attached hydrogens (tertiary/aromatic N) is 1. The number of terminal acetylenes is 1. The molecule has 1 aliphatic heterocycles. The van der Waals surface area contributed by atoms with Gasteiger partial charge in [-0.25, -0.2) is 0 Å². The van der Waals surface area contributed by atoms with Gasteiger partial charge in [-0.2, -0.15) is 0 Å². The fourth-order valence-electron chi connectivity index (χ4n) is 2.31. The summed E-state index contributed by atoms with van der Waals surface area (Å²) < 4.78 is 0. The van der Waals surface area contributed by atoms with Crippen molar-refractivity contribution in [2.24, 2.45) is 5.92 Å². The van der Waals surface area contributed by atoms with Crippen molar-refractivity contribution < 1.29 is 9.59 Å².